The van der Waals surface area contributed by atoms with Crippen molar-refractivity contribution in [2.75, 3.05) is 26.2 Å². The zero-order chi connectivity index (χ0) is 23.1. The number of unbranched alkanes of at least 4 members (excludes halogenated alkanes) is 12. The van der Waals surface area contributed by atoms with Crippen molar-refractivity contribution in [1.82, 2.24) is 0 Å². The summed E-state index contributed by atoms with van der Waals surface area (Å²) >= 11 is 0. The molecule has 0 atom stereocenters. The quantitative estimate of drug-likeness (QED) is 0.0872. The molecule has 184 valence electrons. The van der Waals surface area contributed by atoms with Crippen LogP contribution < -0.4 is 0 Å². The Morgan fingerprint density at radius 3 is 1.00 bits per heavy atom. The zero-order valence-corrected chi connectivity index (χ0v) is 21.4. The van der Waals surface area contributed by atoms with Gasteiger partial charge >= 0.3 is 1.43 Å². The molecule has 0 bridgehead atoms. The van der Waals surface area contributed by atoms with E-state index in [2.05, 4.69) is 27.7 Å². The minimum absolute atomic E-state index is 0. The van der Waals surface area contributed by atoms with Crippen LogP contribution in [-0.2, 0) is 10.4 Å². The fourth-order valence-electron chi connectivity index (χ4n) is 4.30. The summed E-state index contributed by atoms with van der Waals surface area (Å²) in [5.74, 6) is 0. The Morgan fingerprint density at radius 2 is 0.767 bits per heavy atom. The zero-order valence-electron chi connectivity index (χ0n) is 21.6. The van der Waals surface area contributed by atoms with E-state index in [1.807, 2.05) is 0 Å². The molecule has 0 aromatic heterocycles. The molecular formula is C24H53NO4S. The summed E-state index contributed by atoms with van der Waals surface area (Å²) in [5, 5.41) is 0. The summed E-state index contributed by atoms with van der Waals surface area (Å²) in [5.41, 5.74) is 0. The molecule has 0 saturated heterocycles. The highest BCUT2D eigenvalue weighted by Gasteiger charge is 2.25. The van der Waals surface area contributed by atoms with Crippen molar-refractivity contribution >= 4 is 10.4 Å². The lowest BCUT2D eigenvalue weighted by atomic mass is 10.1. The van der Waals surface area contributed by atoms with Crippen molar-refractivity contribution < 1.29 is 23.4 Å². The number of rotatable bonds is 20. The molecule has 0 fully saturated rings. The van der Waals surface area contributed by atoms with E-state index in [9.17, 15) is 0 Å². The standard InChI is InChI=1S/C24H52N.H2O4S/c1-5-9-12-15-18-22-25(21-8-4,23-19-16-13-10-6-2)24-20-17-14-11-7-3;1-5(2,3)4/h5-24H2,1-4H3;(H2,1,2,3,4)/q+1;/p-1. The molecule has 0 amide bonds. The molecule has 0 saturated carbocycles. The fraction of sp³-hybridized carbons (Fsp3) is 1.00. The third kappa shape index (κ3) is 25.9. The molecule has 0 N–H and O–H groups in total. The van der Waals surface area contributed by atoms with Crippen LogP contribution in [0.15, 0.2) is 0 Å². The Labute approximate surface area is 190 Å². The van der Waals surface area contributed by atoms with Crippen molar-refractivity contribution in [3.8, 4) is 0 Å². The van der Waals surface area contributed by atoms with E-state index in [1.54, 1.807) is 0 Å². The lowest BCUT2D eigenvalue weighted by molar-refractivity contribution is -0.929. The topological polar surface area (TPSA) is 80.3 Å². The number of hydrogen-bond donors (Lipinski definition) is 0. The van der Waals surface area contributed by atoms with Crippen LogP contribution in [0.25, 0.3) is 0 Å². The van der Waals surface area contributed by atoms with E-state index in [1.165, 1.54) is 133 Å². The lowest BCUT2D eigenvalue weighted by Gasteiger charge is -2.39. The molecule has 0 aromatic carbocycles. The van der Waals surface area contributed by atoms with Crippen LogP contribution in [0.1, 0.15) is 132 Å². The van der Waals surface area contributed by atoms with E-state index in [4.69, 9.17) is 17.5 Å². The van der Waals surface area contributed by atoms with Crippen molar-refractivity contribution in [3.05, 3.63) is 0 Å². The monoisotopic (exact) mass is 451 g/mol. The Kier molecular flexibility index (Phi) is 23.5. The van der Waals surface area contributed by atoms with Crippen molar-refractivity contribution in [2.24, 2.45) is 0 Å². The van der Waals surface area contributed by atoms with Gasteiger partial charge in [0.15, 0.2) is 0 Å². The summed E-state index contributed by atoms with van der Waals surface area (Å²) in [6, 6.07) is 0. The van der Waals surface area contributed by atoms with Gasteiger partial charge in [0.05, 0.1) is 26.2 Å². The summed E-state index contributed by atoms with van der Waals surface area (Å²) in [6.07, 6.45) is 22.9. The van der Waals surface area contributed by atoms with Gasteiger partial charge in [-0.3, -0.25) is 8.42 Å². The largest absolute Gasteiger partial charge is 1.00 e. The molecule has 30 heavy (non-hydrogen) atoms. The van der Waals surface area contributed by atoms with Crippen LogP contribution >= 0.6 is 0 Å². The van der Waals surface area contributed by atoms with Gasteiger partial charge < -0.3 is 13.6 Å². The van der Waals surface area contributed by atoms with Gasteiger partial charge in [-0.15, -0.1) is 0 Å². The molecule has 6 heteroatoms. The highest BCUT2D eigenvalue weighted by Crippen LogP contribution is 2.18. The van der Waals surface area contributed by atoms with Gasteiger partial charge in [-0.05, 0) is 44.9 Å². The minimum Gasteiger partial charge on any atom is -0.759 e. The van der Waals surface area contributed by atoms with Crippen LogP contribution in [-0.4, -0.2) is 48.2 Å². The summed E-state index contributed by atoms with van der Waals surface area (Å²) in [7, 11) is -5.17. The maximum Gasteiger partial charge on any atom is 1.00 e. The van der Waals surface area contributed by atoms with Gasteiger partial charge in [0.25, 0.3) is 0 Å². The van der Waals surface area contributed by atoms with Gasteiger partial charge in [0.2, 0.25) is 0 Å². The maximum atomic E-state index is 8.52. The fourth-order valence-corrected chi connectivity index (χ4v) is 4.30. The highest BCUT2D eigenvalue weighted by atomic mass is 32.3. The van der Waals surface area contributed by atoms with Crippen LogP contribution in [0.5, 0.6) is 0 Å². The van der Waals surface area contributed by atoms with E-state index in [0.717, 1.165) is 0 Å². The minimum atomic E-state index is -5.17. The Bertz CT molecular complexity index is 403. The second kappa shape index (κ2) is 22.0. The SMILES string of the molecule is CCCCCCC[N+](CCC)(CCCCCCC)CCCCCCC.O=S(=O)([O-])[O-].[H+]. The lowest BCUT2D eigenvalue weighted by Crippen LogP contribution is -2.50. The van der Waals surface area contributed by atoms with Crippen molar-refractivity contribution in [2.45, 2.75) is 130 Å². The second-order valence-electron chi connectivity index (χ2n) is 8.89. The predicted octanol–water partition coefficient (Wildman–Crippen LogP) is 6.90. The number of quaternary nitrogens is 1. The summed E-state index contributed by atoms with van der Waals surface area (Å²) < 4.78 is 35.5. The molecule has 0 aromatic rings. The van der Waals surface area contributed by atoms with Crippen LogP contribution in [0, 0.1) is 0 Å². The normalized spacial score (nSPS) is 11.9. The number of hydrogen-bond acceptors (Lipinski definition) is 4. The van der Waals surface area contributed by atoms with Crippen LogP contribution in [0.2, 0.25) is 0 Å². The first kappa shape index (κ1) is 32.0. The number of nitrogens with zero attached hydrogens (tertiary/aromatic N) is 1. The average molecular weight is 452 g/mol. The summed E-state index contributed by atoms with van der Waals surface area (Å²) in [6.45, 7) is 15.2. The van der Waals surface area contributed by atoms with E-state index >= 15 is 0 Å². The van der Waals surface area contributed by atoms with E-state index in [-0.39, 0.29) is 1.43 Å². The molecule has 0 aliphatic rings. The molecule has 0 unspecified atom stereocenters. The molecule has 5 nitrogen and oxygen atoms in total. The van der Waals surface area contributed by atoms with Gasteiger partial charge in [-0.2, -0.15) is 0 Å². The first-order valence-electron chi connectivity index (χ1n) is 12.8. The third-order valence-corrected chi connectivity index (χ3v) is 5.91. The van der Waals surface area contributed by atoms with Gasteiger partial charge in [0.1, 0.15) is 0 Å². The molecule has 0 radical (unpaired) electrons. The van der Waals surface area contributed by atoms with Crippen LogP contribution in [0.3, 0.4) is 0 Å². The molecule has 0 spiro atoms. The smallest absolute Gasteiger partial charge is 0.759 e. The average Bonchev–Trinajstić information content (AvgIpc) is 2.66. The summed E-state index contributed by atoms with van der Waals surface area (Å²) in [4.78, 5) is 0. The molecular weight excluding hydrogens is 398 g/mol. The predicted molar refractivity (Wildman–Crippen MR) is 128 cm³/mol. The molecule has 0 heterocycles. The Balaban J connectivity index is -0.00000116. The first-order valence-corrected chi connectivity index (χ1v) is 14.1. The third-order valence-electron chi connectivity index (χ3n) is 5.91. The first-order chi connectivity index (χ1) is 14.2. The van der Waals surface area contributed by atoms with Gasteiger partial charge in [-0.25, -0.2) is 0 Å². The van der Waals surface area contributed by atoms with Crippen molar-refractivity contribution in [3.63, 3.8) is 0 Å². The van der Waals surface area contributed by atoms with Gasteiger partial charge in [-0.1, -0.05) is 85.5 Å². The Morgan fingerprint density at radius 1 is 0.500 bits per heavy atom. The van der Waals surface area contributed by atoms with Gasteiger partial charge in [0, 0.05) is 10.4 Å². The molecule has 0 rings (SSSR count). The van der Waals surface area contributed by atoms with E-state index < -0.39 is 10.4 Å². The Hall–Kier alpha value is -0.170. The highest BCUT2D eigenvalue weighted by molar-refractivity contribution is 7.79. The van der Waals surface area contributed by atoms with E-state index in [0.29, 0.717) is 0 Å². The van der Waals surface area contributed by atoms with Crippen LogP contribution in [0.4, 0.5) is 0 Å². The molecule has 0 aliphatic carbocycles. The molecule has 0 aliphatic heterocycles. The van der Waals surface area contributed by atoms with Crippen molar-refractivity contribution in [1.29, 1.82) is 0 Å². The maximum absolute atomic E-state index is 8.52. The second-order valence-corrected chi connectivity index (χ2v) is 9.70.